The summed E-state index contributed by atoms with van der Waals surface area (Å²) in [4.78, 5) is 12.4. The molecule has 2 rings (SSSR count). The summed E-state index contributed by atoms with van der Waals surface area (Å²) in [5.41, 5.74) is 2.38. The Labute approximate surface area is 160 Å². The van der Waals surface area contributed by atoms with Gasteiger partial charge in [-0.15, -0.1) is 0 Å². The van der Waals surface area contributed by atoms with Gasteiger partial charge in [0.05, 0.1) is 12.3 Å². The fourth-order valence-corrected chi connectivity index (χ4v) is 3.45. The third-order valence-corrected chi connectivity index (χ3v) is 4.79. The lowest BCUT2D eigenvalue weighted by Crippen LogP contribution is -2.30. The average Bonchev–Trinajstić information content (AvgIpc) is 2.60. The van der Waals surface area contributed by atoms with Crippen LogP contribution in [0.25, 0.3) is 0 Å². The second-order valence-corrected chi connectivity index (χ2v) is 8.33. The number of rotatable bonds is 9. The van der Waals surface area contributed by atoms with Crippen LogP contribution in [0.15, 0.2) is 48.5 Å². The SMILES string of the molecule is CCCCc1ccc(NC(=O)C[C@H](NS(C)(=O)=O)c2ccc(F)cc2)cc1. The summed E-state index contributed by atoms with van der Waals surface area (Å²) in [6.45, 7) is 2.14. The molecule has 0 bridgehead atoms. The molecule has 5 nitrogen and oxygen atoms in total. The van der Waals surface area contributed by atoms with E-state index >= 15 is 0 Å². The number of halogens is 1. The average molecular weight is 392 g/mol. The van der Waals surface area contributed by atoms with E-state index in [1.54, 1.807) is 0 Å². The van der Waals surface area contributed by atoms with Crippen molar-refractivity contribution in [2.24, 2.45) is 0 Å². The van der Waals surface area contributed by atoms with Gasteiger partial charge in [-0.25, -0.2) is 17.5 Å². The van der Waals surface area contributed by atoms with Crippen LogP contribution in [0.4, 0.5) is 10.1 Å². The van der Waals surface area contributed by atoms with Crippen molar-refractivity contribution < 1.29 is 17.6 Å². The van der Waals surface area contributed by atoms with Gasteiger partial charge in [-0.1, -0.05) is 37.6 Å². The van der Waals surface area contributed by atoms with E-state index in [0.29, 0.717) is 11.3 Å². The summed E-state index contributed by atoms with van der Waals surface area (Å²) >= 11 is 0. The number of carbonyl (C=O) groups is 1. The van der Waals surface area contributed by atoms with E-state index in [4.69, 9.17) is 0 Å². The highest BCUT2D eigenvalue weighted by Gasteiger charge is 2.20. The molecule has 0 aliphatic heterocycles. The molecule has 146 valence electrons. The Balaban J connectivity index is 2.05. The molecular formula is C20H25FN2O3S. The number of unbranched alkanes of at least 4 members (excludes halogenated alkanes) is 1. The lowest BCUT2D eigenvalue weighted by atomic mass is 10.0. The van der Waals surface area contributed by atoms with Crippen LogP contribution in [0.5, 0.6) is 0 Å². The third kappa shape index (κ3) is 7.48. The van der Waals surface area contributed by atoms with Gasteiger partial charge in [0.1, 0.15) is 5.82 Å². The van der Waals surface area contributed by atoms with Crippen molar-refractivity contribution in [1.29, 1.82) is 0 Å². The monoisotopic (exact) mass is 392 g/mol. The molecule has 0 radical (unpaired) electrons. The van der Waals surface area contributed by atoms with Crippen molar-refractivity contribution >= 4 is 21.6 Å². The quantitative estimate of drug-likeness (QED) is 0.682. The molecule has 1 amide bonds. The smallest absolute Gasteiger partial charge is 0.226 e. The summed E-state index contributed by atoms with van der Waals surface area (Å²) in [5.74, 6) is -0.758. The second kappa shape index (κ2) is 9.62. The lowest BCUT2D eigenvalue weighted by molar-refractivity contribution is -0.116. The van der Waals surface area contributed by atoms with Gasteiger partial charge in [-0.3, -0.25) is 4.79 Å². The van der Waals surface area contributed by atoms with Crippen molar-refractivity contribution in [2.75, 3.05) is 11.6 Å². The van der Waals surface area contributed by atoms with Gasteiger partial charge < -0.3 is 5.32 Å². The van der Waals surface area contributed by atoms with E-state index < -0.39 is 21.9 Å². The van der Waals surface area contributed by atoms with Gasteiger partial charge >= 0.3 is 0 Å². The summed E-state index contributed by atoms with van der Waals surface area (Å²) in [7, 11) is -3.54. The zero-order valence-electron chi connectivity index (χ0n) is 15.5. The summed E-state index contributed by atoms with van der Waals surface area (Å²) < 4.78 is 38.8. The van der Waals surface area contributed by atoms with E-state index in [9.17, 15) is 17.6 Å². The normalized spacial score (nSPS) is 12.6. The van der Waals surface area contributed by atoms with Crippen LogP contribution in [0.1, 0.15) is 43.4 Å². The maximum atomic E-state index is 13.1. The minimum Gasteiger partial charge on any atom is -0.326 e. The van der Waals surface area contributed by atoms with Crippen molar-refractivity contribution in [3.63, 3.8) is 0 Å². The number of aryl methyl sites for hydroxylation is 1. The molecule has 0 unspecified atom stereocenters. The number of nitrogens with one attached hydrogen (secondary N) is 2. The molecular weight excluding hydrogens is 367 g/mol. The molecule has 2 aromatic carbocycles. The Morgan fingerprint density at radius 3 is 2.26 bits per heavy atom. The first-order chi connectivity index (χ1) is 12.8. The van der Waals surface area contributed by atoms with Gasteiger partial charge in [0, 0.05) is 12.1 Å². The Morgan fingerprint density at radius 1 is 1.07 bits per heavy atom. The molecule has 2 N–H and O–H groups in total. The number of hydrogen-bond acceptors (Lipinski definition) is 3. The Bertz CT molecular complexity index is 850. The van der Waals surface area contributed by atoms with E-state index in [1.165, 1.54) is 29.8 Å². The van der Waals surface area contributed by atoms with Crippen molar-refractivity contribution in [1.82, 2.24) is 4.72 Å². The minimum absolute atomic E-state index is 0.101. The number of anilines is 1. The minimum atomic E-state index is -3.54. The van der Waals surface area contributed by atoms with E-state index in [-0.39, 0.29) is 12.3 Å². The van der Waals surface area contributed by atoms with Crippen molar-refractivity contribution in [3.05, 3.63) is 65.5 Å². The highest BCUT2D eigenvalue weighted by molar-refractivity contribution is 7.88. The molecule has 0 aromatic heterocycles. The molecule has 0 spiro atoms. The first kappa shape index (κ1) is 21.1. The maximum absolute atomic E-state index is 13.1. The molecule has 1 atom stereocenters. The Hall–Kier alpha value is -2.25. The number of benzene rings is 2. The second-order valence-electron chi connectivity index (χ2n) is 6.55. The van der Waals surface area contributed by atoms with Crippen LogP contribution in [-0.4, -0.2) is 20.6 Å². The number of sulfonamides is 1. The van der Waals surface area contributed by atoms with Gasteiger partial charge in [0.2, 0.25) is 15.9 Å². The molecule has 7 heteroatoms. The molecule has 0 fully saturated rings. The van der Waals surface area contributed by atoms with Gasteiger partial charge in [-0.2, -0.15) is 0 Å². The maximum Gasteiger partial charge on any atom is 0.226 e. The van der Waals surface area contributed by atoms with Crippen LogP contribution in [0.2, 0.25) is 0 Å². The van der Waals surface area contributed by atoms with Crippen molar-refractivity contribution in [3.8, 4) is 0 Å². The van der Waals surface area contributed by atoms with E-state index in [0.717, 1.165) is 25.5 Å². The van der Waals surface area contributed by atoms with Gasteiger partial charge in [-0.05, 0) is 48.2 Å². The molecule has 0 heterocycles. The zero-order valence-corrected chi connectivity index (χ0v) is 16.4. The fourth-order valence-electron chi connectivity index (χ4n) is 2.71. The van der Waals surface area contributed by atoms with E-state index in [1.807, 2.05) is 24.3 Å². The standard InChI is InChI=1S/C20H25FN2O3S/c1-3-4-5-15-6-12-18(13-7-15)22-20(24)14-19(23-27(2,25)26)16-8-10-17(21)11-9-16/h6-13,19,23H,3-5,14H2,1-2H3,(H,22,24)/t19-/m0/s1. The predicted octanol–water partition coefficient (Wildman–Crippen LogP) is 3.79. The third-order valence-electron chi connectivity index (χ3n) is 4.07. The topological polar surface area (TPSA) is 75.3 Å². The highest BCUT2D eigenvalue weighted by atomic mass is 32.2. The van der Waals surface area contributed by atoms with Crippen LogP contribution in [0.3, 0.4) is 0 Å². The Morgan fingerprint density at radius 2 is 1.70 bits per heavy atom. The number of carbonyl (C=O) groups excluding carboxylic acids is 1. The molecule has 0 saturated carbocycles. The molecule has 2 aromatic rings. The summed E-state index contributed by atoms with van der Waals surface area (Å²) in [6, 6.07) is 12.2. The lowest BCUT2D eigenvalue weighted by Gasteiger charge is -2.18. The first-order valence-electron chi connectivity index (χ1n) is 8.88. The highest BCUT2D eigenvalue weighted by Crippen LogP contribution is 2.20. The number of amides is 1. The first-order valence-corrected chi connectivity index (χ1v) is 10.8. The predicted molar refractivity (Wildman–Crippen MR) is 105 cm³/mol. The van der Waals surface area contributed by atoms with Crippen LogP contribution in [-0.2, 0) is 21.2 Å². The molecule has 0 aliphatic rings. The van der Waals surface area contributed by atoms with Crippen LogP contribution < -0.4 is 10.0 Å². The van der Waals surface area contributed by atoms with E-state index in [2.05, 4.69) is 17.0 Å². The molecule has 0 aliphatic carbocycles. The summed E-state index contributed by atoms with van der Waals surface area (Å²) in [5, 5.41) is 2.77. The molecule has 0 saturated heterocycles. The Kier molecular flexibility index (Phi) is 7.50. The van der Waals surface area contributed by atoms with Crippen LogP contribution >= 0.6 is 0 Å². The molecule has 27 heavy (non-hydrogen) atoms. The van der Waals surface area contributed by atoms with Gasteiger partial charge in [0.15, 0.2) is 0 Å². The zero-order chi connectivity index (χ0) is 19.9. The van der Waals surface area contributed by atoms with Gasteiger partial charge in [0.25, 0.3) is 0 Å². The fraction of sp³-hybridized carbons (Fsp3) is 0.350. The number of hydrogen-bond donors (Lipinski definition) is 2. The van der Waals surface area contributed by atoms with Crippen LogP contribution in [0, 0.1) is 5.82 Å². The summed E-state index contributed by atoms with van der Waals surface area (Å²) in [6.07, 6.45) is 4.15. The van der Waals surface area contributed by atoms with Crippen molar-refractivity contribution in [2.45, 2.75) is 38.6 Å². The largest absolute Gasteiger partial charge is 0.326 e.